The van der Waals surface area contributed by atoms with E-state index in [1.165, 1.54) is 11.8 Å². The molecule has 1 aliphatic rings. The van der Waals surface area contributed by atoms with E-state index < -0.39 is 5.25 Å². The fraction of sp³-hybridized carbons (Fsp3) is 0.214. The summed E-state index contributed by atoms with van der Waals surface area (Å²) in [6.45, 7) is 3.56. The van der Waals surface area contributed by atoms with Gasteiger partial charge in [0.05, 0.1) is 16.6 Å². The summed E-state index contributed by atoms with van der Waals surface area (Å²) in [5.41, 5.74) is 3.31. The van der Waals surface area contributed by atoms with E-state index >= 15 is 0 Å². The van der Waals surface area contributed by atoms with Crippen LogP contribution in [-0.4, -0.2) is 43.1 Å². The summed E-state index contributed by atoms with van der Waals surface area (Å²) in [6.07, 6.45) is 2.05. The summed E-state index contributed by atoms with van der Waals surface area (Å²) in [5.74, 6) is 0.502. The van der Waals surface area contributed by atoms with Gasteiger partial charge >= 0.3 is 0 Å². The molecule has 0 radical (unpaired) electrons. The van der Waals surface area contributed by atoms with Crippen molar-refractivity contribution < 1.29 is 4.79 Å². The zero-order valence-electron chi connectivity index (χ0n) is 19.9. The van der Waals surface area contributed by atoms with E-state index in [1.807, 2.05) is 95.1 Å². The molecule has 8 heteroatoms. The average Bonchev–Trinajstić information content (AvgIpc) is 3.60. The number of rotatable bonds is 5. The van der Waals surface area contributed by atoms with Crippen molar-refractivity contribution in [2.24, 2.45) is 0 Å². The third kappa shape index (κ3) is 3.87. The van der Waals surface area contributed by atoms with Crippen LogP contribution in [0.25, 0.3) is 22.4 Å². The number of para-hydroxylation sites is 1. The molecule has 1 aliphatic heterocycles. The molecule has 0 saturated carbocycles. The summed E-state index contributed by atoms with van der Waals surface area (Å²) < 4.78 is 3.49. The first-order valence-electron chi connectivity index (χ1n) is 12.1. The lowest BCUT2D eigenvalue weighted by Crippen LogP contribution is -2.31. The number of carbonyl (C=O) groups excluding carboxylic acids is 1. The van der Waals surface area contributed by atoms with Crippen LogP contribution in [0.4, 0.5) is 0 Å². The Morgan fingerprint density at radius 3 is 2.33 bits per heavy atom. The lowest BCUT2D eigenvalue weighted by molar-refractivity contribution is -0.129. The highest BCUT2D eigenvalue weighted by atomic mass is 32.2. The summed E-state index contributed by atoms with van der Waals surface area (Å²) >= 11 is 1.38. The normalized spacial score (nSPS) is 14.5. The Balaban J connectivity index is 1.54. The van der Waals surface area contributed by atoms with Gasteiger partial charge in [-0.3, -0.25) is 14.0 Å². The maximum absolute atomic E-state index is 13.6. The molecule has 2 aromatic heterocycles. The van der Waals surface area contributed by atoms with E-state index in [2.05, 4.69) is 10.2 Å². The van der Waals surface area contributed by atoms with Gasteiger partial charge in [-0.05, 0) is 49.6 Å². The molecule has 1 unspecified atom stereocenters. The Labute approximate surface area is 212 Å². The number of benzene rings is 3. The fourth-order valence-electron chi connectivity index (χ4n) is 4.78. The zero-order chi connectivity index (χ0) is 24.6. The molecule has 7 nitrogen and oxygen atoms in total. The monoisotopic (exact) mass is 495 g/mol. The van der Waals surface area contributed by atoms with E-state index in [1.54, 1.807) is 4.57 Å². The van der Waals surface area contributed by atoms with Crippen LogP contribution >= 0.6 is 11.8 Å². The molecule has 180 valence electrons. The van der Waals surface area contributed by atoms with Gasteiger partial charge in [0.1, 0.15) is 5.25 Å². The number of likely N-dealkylation sites (tertiary alicyclic amines) is 1. The van der Waals surface area contributed by atoms with E-state index in [0.717, 1.165) is 42.7 Å². The average molecular weight is 496 g/mol. The summed E-state index contributed by atoms with van der Waals surface area (Å²) in [6, 6.07) is 25.1. The van der Waals surface area contributed by atoms with E-state index in [4.69, 9.17) is 0 Å². The second-order valence-electron chi connectivity index (χ2n) is 9.05. The molecule has 5 aromatic rings. The van der Waals surface area contributed by atoms with Crippen molar-refractivity contribution in [1.29, 1.82) is 0 Å². The SMILES string of the molecule is Cc1ccc(-n2c(=O)c3ccccc3n3c(SC(C(=O)N4CCCC4)c4ccccc4)nnc23)cc1. The quantitative estimate of drug-likeness (QED) is 0.328. The van der Waals surface area contributed by atoms with Gasteiger partial charge in [0.15, 0.2) is 5.16 Å². The number of aromatic nitrogens is 4. The predicted octanol–water partition coefficient (Wildman–Crippen LogP) is 4.80. The molecule has 36 heavy (non-hydrogen) atoms. The van der Waals surface area contributed by atoms with Crippen molar-refractivity contribution in [2.75, 3.05) is 13.1 Å². The molecule has 1 fully saturated rings. The minimum Gasteiger partial charge on any atom is -0.341 e. The fourth-order valence-corrected chi connectivity index (χ4v) is 5.91. The van der Waals surface area contributed by atoms with Crippen LogP contribution < -0.4 is 5.56 Å². The molecule has 6 rings (SSSR count). The van der Waals surface area contributed by atoms with E-state index in [0.29, 0.717) is 21.8 Å². The van der Waals surface area contributed by atoms with Crippen molar-refractivity contribution >= 4 is 34.3 Å². The van der Waals surface area contributed by atoms with Crippen molar-refractivity contribution in [3.8, 4) is 5.69 Å². The van der Waals surface area contributed by atoms with Gasteiger partial charge in [0, 0.05) is 13.1 Å². The minimum absolute atomic E-state index is 0.0802. The second kappa shape index (κ2) is 9.28. The number of carbonyl (C=O) groups is 1. The summed E-state index contributed by atoms with van der Waals surface area (Å²) in [4.78, 5) is 29.2. The molecule has 0 spiro atoms. The smallest absolute Gasteiger partial charge is 0.267 e. The largest absolute Gasteiger partial charge is 0.341 e. The molecule has 0 bridgehead atoms. The third-order valence-corrected chi connectivity index (χ3v) is 7.84. The van der Waals surface area contributed by atoms with Crippen LogP contribution in [0.2, 0.25) is 0 Å². The van der Waals surface area contributed by atoms with Crippen molar-refractivity contribution in [3.63, 3.8) is 0 Å². The first-order chi connectivity index (χ1) is 17.6. The number of nitrogens with zero attached hydrogens (tertiary/aromatic N) is 5. The van der Waals surface area contributed by atoms with Crippen LogP contribution in [-0.2, 0) is 4.79 Å². The van der Waals surface area contributed by atoms with Crippen LogP contribution in [0.5, 0.6) is 0 Å². The minimum atomic E-state index is -0.463. The highest BCUT2D eigenvalue weighted by Gasteiger charge is 2.31. The molecule has 3 heterocycles. The second-order valence-corrected chi connectivity index (χ2v) is 10.1. The Bertz CT molecular complexity index is 1620. The topological polar surface area (TPSA) is 72.5 Å². The van der Waals surface area contributed by atoms with Crippen LogP contribution in [0.15, 0.2) is 88.8 Å². The number of fused-ring (bicyclic) bond motifs is 3. The van der Waals surface area contributed by atoms with Crippen LogP contribution in [0.3, 0.4) is 0 Å². The van der Waals surface area contributed by atoms with Gasteiger partial charge in [-0.25, -0.2) is 4.57 Å². The van der Waals surface area contributed by atoms with Crippen molar-refractivity contribution in [3.05, 3.63) is 100 Å². The van der Waals surface area contributed by atoms with Gasteiger partial charge in [0.2, 0.25) is 11.7 Å². The molecule has 1 amide bonds. The zero-order valence-corrected chi connectivity index (χ0v) is 20.7. The van der Waals surface area contributed by atoms with Crippen LogP contribution in [0, 0.1) is 6.92 Å². The summed E-state index contributed by atoms with van der Waals surface area (Å²) in [7, 11) is 0. The molecular weight excluding hydrogens is 470 g/mol. The third-order valence-electron chi connectivity index (χ3n) is 6.65. The maximum atomic E-state index is 13.6. The molecule has 3 aromatic carbocycles. The standard InChI is InChI=1S/C28H25N5O2S/c1-19-13-15-21(16-14-19)32-25(34)22-11-5-6-12-23(22)33-27(32)29-30-28(33)36-24(20-9-3-2-4-10-20)26(35)31-17-7-8-18-31/h2-6,9-16,24H,7-8,17-18H2,1H3. The van der Waals surface area contributed by atoms with E-state index in [9.17, 15) is 9.59 Å². The highest BCUT2D eigenvalue weighted by Crippen LogP contribution is 2.37. The van der Waals surface area contributed by atoms with Crippen molar-refractivity contribution in [1.82, 2.24) is 24.1 Å². The first-order valence-corrected chi connectivity index (χ1v) is 13.0. The first kappa shape index (κ1) is 22.5. The van der Waals surface area contributed by atoms with Gasteiger partial charge in [-0.15, -0.1) is 10.2 Å². The number of aryl methyl sites for hydroxylation is 1. The lowest BCUT2D eigenvalue weighted by Gasteiger charge is -2.22. The van der Waals surface area contributed by atoms with Crippen LogP contribution in [0.1, 0.15) is 29.2 Å². The number of amides is 1. The van der Waals surface area contributed by atoms with E-state index in [-0.39, 0.29) is 11.5 Å². The van der Waals surface area contributed by atoms with Gasteiger partial charge < -0.3 is 4.90 Å². The number of hydrogen-bond donors (Lipinski definition) is 0. The molecule has 1 atom stereocenters. The maximum Gasteiger partial charge on any atom is 0.267 e. The van der Waals surface area contributed by atoms with Gasteiger partial charge in [0.25, 0.3) is 5.56 Å². The number of hydrogen-bond acceptors (Lipinski definition) is 5. The van der Waals surface area contributed by atoms with Gasteiger partial charge in [-0.2, -0.15) is 0 Å². The lowest BCUT2D eigenvalue weighted by atomic mass is 10.1. The Morgan fingerprint density at radius 2 is 1.58 bits per heavy atom. The molecule has 1 saturated heterocycles. The molecule has 0 aliphatic carbocycles. The highest BCUT2D eigenvalue weighted by molar-refractivity contribution is 8.00. The Hall–Kier alpha value is -3.91. The molecular formula is C28H25N5O2S. The molecule has 0 N–H and O–H groups in total. The Kier molecular flexibility index (Phi) is 5.81. The van der Waals surface area contributed by atoms with Gasteiger partial charge in [-0.1, -0.05) is 71.9 Å². The number of thioether (sulfide) groups is 1. The predicted molar refractivity (Wildman–Crippen MR) is 142 cm³/mol. The van der Waals surface area contributed by atoms with Crippen molar-refractivity contribution in [2.45, 2.75) is 30.2 Å². The Morgan fingerprint density at radius 1 is 0.889 bits per heavy atom. The summed E-state index contributed by atoms with van der Waals surface area (Å²) in [5, 5.41) is 9.65.